The standard InChI is InChI=1S/C19H22N4O5S/c24-15-23(19(26)16-8-4-3-5-9-16)14-18(25)21-12-11-20-17-10-6-1-2-7-13-29(27,28)22-17/h1-9,15H,10-14H2,(H,20,22)(H,21,25)/b6-1-,7-2-. The van der Waals surface area contributed by atoms with Gasteiger partial charge in [-0.25, -0.2) is 8.42 Å². The molecule has 0 unspecified atom stereocenters. The summed E-state index contributed by atoms with van der Waals surface area (Å²) < 4.78 is 26.1. The van der Waals surface area contributed by atoms with Gasteiger partial charge in [0, 0.05) is 18.5 Å². The monoisotopic (exact) mass is 418 g/mol. The summed E-state index contributed by atoms with van der Waals surface area (Å²) in [6.07, 6.45) is 7.29. The van der Waals surface area contributed by atoms with Crippen molar-refractivity contribution in [2.75, 3.05) is 25.4 Å². The van der Waals surface area contributed by atoms with Crippen LogP contribution in [0.2, 0.25) is 0 Å². The molecule has 2 rings (SSSR count). The van der Waals surface area contributed by atoms with Crippen LogP contribution in [-0.2, 0) is 19.6 Å². The van der Waals surface area contributed by atoms with Gasteiger partial charge in [0.1, 0.15) is 12.4 Å². The number of amidine groups is 1. The molecule has 3 amide bonds. The van der Waals surface area contributed by atoms with Crippen molar-refractivity contribution in [3.8, 4) is 0 Å². The molecule has 0 aliphatic carbocycles. The molecule has 1 aromatic carbocycles. The van der Waals surface area contributed by atoms with Crippen LogP contribution in [0.1, 0.15) is 16.8 Å². The van der Waals surface area contributed by atoms with Gasteiger partial charge >= 0.3 is 0 Å². The number of sulfonamides is 1. The Kier molecular flexibility index (Phi) is 8.28. The van der Waals surface area contributed by atoms with Crippen molar-refractivity contribution < 1.29 is 22.8 Å². The zero-order chi connectivity index (χ0) is 21.1. The van der Waals surface area contributed by atoms with Crippen molar-refractivity contribution in [1.82, 2.24) is 14.9 Å². The molecular formula is C19H22N4O5S. The summed E-state index contributed by atoms with van der Waals surface area (Å²) in [5.41, 5.74) is 0.300. The first-order valence-corrected chi connectivity index (χ1v) is 10.5. The highest BCUT2D eigenvalue weighted by Crippen LogP contribution is 2.03. The van der Waals surface area contributed by atoms with E-state index in [0.29, 0.717) is 18.4 Å². The van der Waals surface area contributed by atoms with E-state index < -0.39 is 28.4 Å². The number of hydrogen-bond donors (Lipinski definition) is 2. The summed E-state index contributed by atoms with van der Waals surface area (Å²) in [7, 11) is -3.50. The molecule has 1 aliphatic heterocycles. The molecule has 2 N–H and O–H groups in total. The van der Waals surface area contributed by atoms with Crippen LogP contribution in [0.25, 0.3) is 0 Å². The quantitative estimate of drug-likeness (QED) is 0.485. The van der Waals surface area contributed by atoms with Gasteiger partial charge in [-0.15, -0.1) is 0 Å². The number of aliphatic imine (C=N–C) groups is 1. The van der Waals surface area contributed by atoms with Gasteiger partial charge in [0.05, 0.1) is 12.3 Å². The third kappa shape index (κ3) is 7.70. The summed E-state index contributed by atoms with van der Waals surface area (Å²) in [6, 6.07) is 8.16. The molecule has 0 aromatic heterocycles. The predicted molar refractivity (Wildman–Crippen MR) is 109 cm³/mol. The Balaban J connectivity index is 1.84. The lowest BCUT2D eigenvalue weighted by atomic mass is 10.2. The van der Waals surface area contributed by atoms with E-state index in [1.165, 1.54) is 6.08 Å². The molecule has 154 valence electrons. The van der Waals surface area contributed by atoms with E-state index in [2.05, 4.69) is 15.0 Å². The molecule has 29 heavy (non-hydrogen) atoms. The summed E-state index contributed by atoms with van der Waals surface area (Å²) in [5, 5.41) is 2.55. The van der Waals surface area contributed by atoms with Crippen molar-refractivity contribution in [3.63, 3.8) is 0 Å². The van der Waals surface area contributed by atoms with E-state index in [-0.39, 0.29) is 24.7 Å². The van der Waals surface area contributed by atoms with Crippen LogP contribution in [0.4, 0.5) is 0 Å². The number of benzene rings is 1. The molecule has 1 aliphatic rings. The Bertz CT molecular complexity index is 923. The Hall–Kier alpha value is -3.27. The van der Waals surface area contributed by atoms with E-state index >= 15 is 0 Å². The Morgan fingerprint density at radius 2 is 1.90 bits per heavy atom. The zero-order valence-electron chi connectivity index (χ0n) is 15.7. The molecule has 0 saturated heterocycles. The summed E-state index contributed by atoms with van der Waals surface area (Å²) in [5.74, 6) is -0.977. The highest BCUT2D eigenvalue weighted by Gasteiger charge is 2.18. The Morgan fingerprint density at radius 3 is 2.62 bits per heavy atom. The van der Waals surface area contributed by atoms with Gasteiger partial charge in [0.25, 0.3) is 5.91 Å². The van der Waals surface area contributed by atoms with Crippen LogP contribution in [-0.4, -0.2) is 62.8 Å². The number of nitrogens with one attached hydrogen (secondary N) is 2. The number of carbonyl (C=O) groups is 3. The Morgan fingerprint density at radius 1 is 1.17 bits per heavy atom. The molecule has 0 radical (unpaired) electrons. The molecular weight excluding hydrogens is 396 g/mol. The molecule has 0 fully saturated rings. The van der Waals surface area contributed by atoms with Crippen LogP contribution >= 0.6 is 0 Å². The lowest BCUT2D eigenvalue weighted by molar-refractivity contribution is -0.126. The van der Waals surface area contributed by atoms with Gasteiger partial charge in [-0.3, -0.25) is 29.0 Å². The van der Waals surface area contributed by atoms with Crippen LogP contribution in [0.5, 0.6) is 0 Å². The number of amides is 3. The largest absolute Gasteiger partial charge is 0.353 e. The van der Waals surface area contributed by atoms with Gasteiger partial charge in [-0.1, -0.05) is 42.5 Å². The number of imide groups is 1. The summed E-state index contributed by atoms with van der Waals surface area (Å²) in [6.45, 7) is -0.161. The number of allylic oxidation sites excluding steroid dienone is 2. The maximum Gasteiger partial charge on any atom is 0.260 e. The first-order chi connectivity index (χ1) is 13.9. The van der Waals surface area contributed by atoms with Crippen LogP contribution in [0.3, 0.4) is 0 Å². The second kappa shape index (κ2) is 10.9. The minimum absolute atomic E-state index is 0.123. The topological polar surface area (TPSA) is 125 Å². The molecule has 1 heterocycles. The van der Waals surface area contributed by atoms with Gasteiger partial charge in [0.2, 0.25) is 22.3 Å². The molecule has 1 aromatic rings. The van der Waals surface area contributed by atoms with Crippen LogP contribution in [0, 0.1) is 0 Å². The third-order valence-electron chi connectivity index (χ3n) is 3.74. The van der Waals surface area contributed by atoms with Crippen molar-refractivity contribution in [3.05, 3.63) is 60.2 Å². The predicted octanol–water partition coefficient (Wildman–Crippen LogP) is 0.235. The second-order valence-corrected chi connectivity index (χ2v) is 7.79. The Labute approximate surface area is 169 Å². The smallest absolute Gasteiger partial charge is 0.260 e. The van der Waals surface area contributed by atoms with E-state index in [0.717, 1.165) is 4.90 Å². The highest BCUT2D eigenvalue weighted by atomic mass is 32.2. The fourth-order valence-corrected chi connectivity index (χ4v) is 3.33. The van der Waals surface area contributed by atoms with Crippen molar-refractivity contribution in [1.29, 1.82) is 0 Å². The van der Waals surface area contributed by atoms with Crippen molar-refractivity contribution >= 4 is 34.1 Å². The fraction of sp³-hybridized carbons (Fsp3) is 0.263. The van der Waals surface area contributed by atoms with Crippen LogP contribution in [0.15, 0.2) is 59.6 Å². The molecule has 0 bridgehead atoms. The van der Waals surface area contributed by atoms with E-state index in [9.17, 15) is 22.8 Å². The normalized spacial score (nSPS) is 19.0. The summed E-state index contributed by atoms with van der Waals surface area (Å²) in [4.78, 5) is 40.3. The number of carbonyl (C=O) groups excluding carboxylic acids is 3. The molecule has 0 saturated carbocycles. The maximum atomic E-state index is 12.2. The first kappa shape index (κ1) is 22.0. The number of nitrogens with zero attached hydrogens (tertiary/aromatic N) is 2. The van der Waals surface area contributed by atoms with Gasteiger partial charge in [-0.05, 0) is 12.1 Å². The highest BCUT2D eigenvalue weighted by molar-refractivity contribution is 7.90. The van der Waals surface area contributed by atoms with Gasteiger partial charge < -0.3 is 5.32 Å². The third-order valence-corrected chi connectivity index (χ3v) is 4.92. The van der Waals surface area contributed by atoms with E-state index in [4.69, 9.17) is 0 Å². The van der Waals surface area contributed by atoms with Crippen molar-refractivity contribution in [2.45, 2.75) is 6.42 Å². The average Bonchev–Trinajstić information content (AvgIpc) is 2.79. The van der Waals surface area contributed by atoms with Crippen LogP contribution < -0.4 is 10.0 Å². The minimum Gasteiger partial charge on any atom is -0.353 e. The molecule has 10 heteroatoms. The fourth-order valence-electron chi connectivity index (χ4n) is 2.38. The SMILES string of the molecule is O=CN(CC(=O)NCCN=C1C/C=C\C=C/CS(=O)(=O)N1)C(=O)c1ccccc1. The lowest BCUT2D eigenvalue weighted by Gasteiger charge is -2.15. The van der Waals surface area contributed by atoms with E-state index in [1.807, 2.05) is 0 Å². The van der Waals surface area contributed by atoms with Crippen molar-refractivity contribution in [2.24, 2.45) is 4.99 Å². The molecule has 0 spiro atoms. The van der Waals surface area contributed by atoms with Gasteiger partial charge in [-0.2, -0.15) is 0 Å². The van der Waals surface area contributed by atoms with E-state index in [1.54, 1.807) is 48.6 Å². The molecule has 9 nitrogen and oxygen atoms in total. The lowest BCUT2D eigenvalue weighted by Crippen LogP contribution is -2.40. The minimum atomic E-state index is -3.50. The van der Waals surface area contributed by atoms with Gasteiger partial charge in [0.15, 0.2) is 0 Å². The summed E-state index contributed by atoms with van der Waals surface area (Å²) >= 11 is 0. The molecule has 0 atom stereocenters. The number of rotatable bonds is 7. The second-order valence-electron chi connectivity index (χ2n) is 6.03. The zero-order valence-corrected chi connectivity index (χ0v) is 16.5. The maximum absolute atomic E-state index is 12.2. The number of hydrogen-bond acceptors (Lipinski definition) is 6. The first-order valence-electron chi connectivity index (χ1n) is 8.85. The average molecular weight is 418 g/mol.